The summed E-state index contributed by atoms with van der Waals surface area (Å²) in [5, 5.41) is 12.7. The van der Waals surface area contributed by atoms with E-state index < -0.39 is 5.97 Å². The number of carboxylic acids is 1. The summed E-state index contributed by atoms with van der Waals surface area (Å²) in [4.78, 5) is 15.8. The van der Waals surface area contributed by atoms with E-state index in [1.54, 1.807) is 0 Å². The van der Waals surface area contributed by atoms with Gasteiger partial charge in [0.15, 0.2) is 0 Å². The number of nitrogens with one attached hydrogen (secondary N) is 1. The van der Waals surface area contributed by atoms with Crippen LogP contribution >= 0.6 is 0 Å². The molecule has 1 aromatic heterocycles. The highest BCUT2D eigenvalue weighted by Crippen LogP contribution is 2.42. The molecule has 0 saturated heterocycles. The lowest BCUT2D eigenvalue weighted by Crippen LogP contribution is -2.11. The third-order valence-corrected chi connectivity index (χ3v) is 6.42. The number of carboxylic acid groups (broad SMARTS) is 1. The lowest BCUT2D eigenvalue weighted by atomic mass is 9.97. The predicted octanol–water partition coefficient (Wildman–Crippen LogP) is 4.83. The molecular weight excluding hydrogens is 418 g/mol. The van der Waals surface area contributed by atoms with Gasteiger partial charge in [0.2, 0.25) is 0 Å². The molecule has 0 saturated carbocycles. The minimum absolute atomic E-state index is 0.00990. The van der Waals surface area contributed by atoms with Crippen molar-refractivity contribution in [1.29, 1.82) is 0 Å². The van der Waals surface area contributed by atoms with Crippen LogP contribution in [0.5, 0.6) is 11.5 Å². The number of rotatable bonds is 5. The van der Waals surface area contributed by atoms with E-state index in [2.05, 4.69) is 28.1 Å². The minimum atomic E-state index is -0.810. The fraction of sp³-hybridized carbons (Fsp3) is 0.231. The summed E-state index contributed by atoms with van der Waals surface area (Å²) in [6.45, 7) is 2.92. The highest BCUT2D eigenvalue weighted by molar-refractivity contribution is 5.79. The third-order valence-electron chi connectivity index (χ3n) is 6.42. The lowest BCUT2D eigenvalue weighted by molar-refractivity contribution is -0.137. The van der Waals surface area contributed by atoms with Crippen molar-refractivity contribution in [2.45, 2.75) is 25.3 Å². The maximum atomic E-state index is 11.1. The van der Waals surface area contributed by atoms with Crippen molar-refractivity contribution >= 4 is 22.7 Å². The van der Waals surface area contributed by atoms with Gasteiger partial charge < -0.3 is 19.9 Å². The molecule has 2 N–H and O–H groups in total. The Morgan fingerprint density at radius 1 is 1.09 bits per heavy atom. The number of aliphatic carboxylic acids is 1. The molecule has 3 heterocycles. The first kappa shape index (κ1) is 19.7. The molecule has 0 fully saturated rings. The second-order valence-electron chi connectivity index (χ2n) is 8.54. The molecule has 2 aliphatic heterocycles. The Morgan fingerprint density at radius 2 is 1.97 bits per heavy atom. The van der Waals surface area contributed by atoms with E-state index in [9.17, 15) is 4.79 Å². The molecule has 3 aromatic carbocycles. The number of aromatic nitrogens is 2. The number of carbonyl (C=O) groups is 1. The Balaban J connectivity index is 1.30. The van der Waals surface area contributed by atoms with Gasteiger partial charge in [-0.25, -0.2) is 4.98 Å². The van der Waals surface area contributed by atoms with Gasteiger partial charge >= 0.3 is 5.97 Å². The zero-order chi connectivity index (χ0) is 22.5. The van der Waals surface area contributed by atoms with Gasteiger partial charge in [-0.2, -0.15) is 0 Å². The second kappa shape index (κ2) is 7.55. The van der Waals surface area contributed by atoms with E-state index in [0.29, 0.717) is 13.2 Å². The van der Waals surface area contributed by atoms with Crippen LogP contribution < -0.4 is 14.8 Å². The molecule has 0 amide bonds. The van der Waals surface area contributed by atoms with Crippen LogP contribution in [0.4, 0.5) is 5.69 Å². The number of benzene rings is 3. The van der Waals surface area contributed by atoms with E-state index in [4.69, 9.17) is 19.6 Å². The van der Waals surface area contributed by atoms with Crippen molar-refractivity contribution in [2.75, 3.05) is 18.5 Å². The van der Waals surface area contributed by atoms with Gasteiger partial charge in [-0.1, -0.05) is 30.3 Å². The molecule has 166 valence electrons. The van der Waals surface area contributed by atoms with Crippen LogP contribution in [0.3, 0.4) is 0 Å². The van der Waals surface area contributed by atoms with E-state index in [-0.39, 0.29) is 18.4 Å². The van der Waals surface area contributed by atoms with Crippen molar-refractivity contribution in [3.63, 3.8) is 0 Å². The fourth-order valence-corrected chi connectivity index (χ4v) is 4.92. The zero-order valence-corrected chi connectivity index (χ0v) is 18.1. The smallest absolute Gasteiger partial charge is 0.304 e. The predicted molar refractivity (Wildman–Crippen MR) is 125 cm³/mol. The summed E-state index contributed by atoms with van der Waals surface area (Å²) in [6, 6.07) is 20.2. The molecular formula is C26H23N3O4. The summed E-state index contributed by atoms with van der Waals surface area (Å²) in [5.74, 6) is 1.61. The number of ether oxygens (including phenoxy) is 2. The number of hydrogen-bond donors (Lipinski definition) is 2. The number of hydrogen-bond acceptors (Lipinski definition) is 5. The van der Waals surface area contributed by atoms with Crippen LogP contribution in [0.15, 0.2) is 60.7 Å². The summed E-state index contributed by atoms with van der Waals surface area (Å²) < 4.78 is 14.1. The SMILES string of the molecule is Cc1nc2ccccc2n1-c1cccc2c1OC[C@@H]2Nc1ccc2c(c1)OC[C@H]2CC(=O)O. The number of fused-ring (bicyclic) bond motifs is 3. The standard InChI is InChI=1S/C26H23N3O4/c1-15-27-20-6-2-3-7-22(20)29(15)23-8-4-5-19-21(14-33-26(19)23)28-17-9-10-18-16(11-25(30)31)13-32-24(18)12-17/h2-10,12,16,21,28H,11,13-14H2,1H3,(H,30,31)/t16-,21+/m1/s1. The van der Waals surface area contributed by atoms with Gasteiger partial charge in [-0.3, -0.25) is 9.36 Å². The molecule has 0 unspecified atom stereocenters. The number of imidazole rings is 1. The molecule has 0 spiro atoms. The van der Waals surface area contributed by atoms with Gasteiger partial charge in [0.1, 0.15) is 23.9 Å². The van der Waals surface area contributed by atoms with Crippen LogP contribution in [-0.4, -0.2) is 33.8 Å². The maximum Gasteiger partial charge on any atom is 0.304 e. The molecule has 0 radical (unpaired) electrons. The first-order valence-corrected chi connectivity index (χ1v) is 11.0. The van der Waals surface area contributed by atoms with Gasteiger partial charge in [0, 0.05) is 28.8 Å². The van der Waals surface area contributed by atoms with Gasteiger partial charge in [-0.15, -0.1) is 0 Å². The topological polar surface area (TPSA) is 85.6 Å². The number of para-hydroxylation sites is 3. The van der Waals surface area contributed by atoms with E-state index in [0.717, 1.165) is 50.9 Å². The summed E-state index contributed by atoms with van der Waals surface area (Å²) >= 11 is 0. The molecule has 6 rings (SSSR count). The first-order valence-electron chi connectivity index (χ1n) is 11.0. The maximum absolute atomic E-state index is 11.1. The highest BCUT2D eigenvalue weighted by atomic mass is 16.5. The minimum Gasteiger partial charge on any atom is -0.493 e. The Kier molecular flexibility index (Phi) is 4.50. The Morgan fingerprint density at radius 3 is 2.85 bits per heavy atom. The highest BCUT2D eigenvalue weighted by Gasteiger charge is 2.30. The molecule has 0 aliphatic carbocycles. The first-order chi connectivity index (χ1) is 16.1. The van der Waals surface area contributed by atoms with Gasteiger partial charge in [-0.05, 0) is 31.2 Å². The van der Waals surface area contributed by atoms with Crippen LogP contribution in [0.2, 0.25) is 0 Å². The van der Waals surface area contributed by atoms with Crippen molar-refractivity contribution in [3.8, 4) is 17.2 Å². The molecule has 7 nitrogen and oxygen atoms in total. The Labute approximate surface area is 190 Å². The quantitative estimate of drug-likeness (QED) is 0.461. The number of nitrogens with zero attached hydrogens (tertiary/aromatic N) is 2. The second-order valence-corrected chi connectivity index (χ2v) is 8.54. The van der Waals surface area contributed by atoms with Crippen LogP contribution in [0, 0.1) is 6.92 Å². The van der Waals surface area contributed by atoms with Crippen molar-refractivity contribution in [2.24, 2.45) is 0 Å². The molecule has 2 aliphatic rings. The Hall–Kier alpha value is -4.00. The Bertz CT molecular complexity index is 1390. The van der Waals surface area contributed by atoms with E-state index >= 15 is 0 Å². The van der Waals surface area contributed by atoms with Crippen molar-refractivity contribution in [1.82, 2.24) is 9.55 Å². The average molecular weight is 441 g/mol. The summed E-state index contributed by atoms with van der Waals surface area (Å²) in [5.41, 5.74) is 5.96. The van der Waals surface area contributed by atoms with Crippen molar-refractivity contribution in [3.05, 3.63) is 77.6 Å². The molecule has 7 heteroatoms. The molecule has 33 heavy (non-hydrogen) atoms. The molecule has 4 aromatic rings. The number of aryl methyl sites for hydroxylation is 1. The van der Waals surface area contributed by atoms with Crippen LogP contribution in [-0.2, 0) is 4.79 Å². The van der Waals surface area contributed by atoms with Crippen LogP contribution in [0.1, 0.15) is 35.3 Å². The largest absolute Gasteiger partial charge is 0.493 e. The monoisotopic (exact) mass is 441 g/mol. The van der Waals surface area contributed by atoms with Gasteiger partial charge in [0.05, 0.1) is 35.8 Å². The molecule has 2 atom stereocenters. The average Bonchev–Trinajstić information content (AvgIpc) is 3.48. The third kappa shape index (κ3) is 3.28. The zero-order valence-electron chi connectivity index (χ0n) is 18.1. The summed E-state index contributed by atoms with van der Waals surface area (Å²) in [6.07, 6.45) is 0.0781. The molecule has 0 bridgehead atoms. The normalized spacial score (nSPS) is 18.5. The lowest BCUT2D eigenvalue weighted by Gasteiger charge is -2.15. The van der Waals surface area contributed by atoms with Crippen LogP contribution in [0.25, 0.3) is 16.7 Å². The number of anilines is 1. The summed E-state index contributed by atoms with van der Waals surface area (Å²) in [7, 11) is 0. The van der Waals surface area contributed by atoms with E-state index in [1.807, 2.05) is 49.4 Å². The fourth-order valence-electron chi connectivity index (χ4n) is 4.92. The van der Waals surface area contributed by atoms with E-state index in [1.165, 1.54) is 0 Å². The van der Waals surface area contributed by atoms with Gasteiger partial charge in [0.25, 0.3) is 0 Å². The van der Waals surface area contributed by atoms with Crippen molar-refractivity contribution < 1.29 is 19.4 Å².